The van der Waals surface area contributed by atoms with Crippen LogP contribution in [0.3, 0.4) is 0 Å². The summed E-state index contributed by atoms with van der Waals surface area (Å²) in [4.78, 5) is 11.9. The third-order valence-corrected chi connectivity index (χ3v) is 3.63. The van der Waals surface area contributed by atoms with Gasteiger partial charge < -0.3 is 10.4 Å². The summed E-state index contributed by atoms with van der Waals surface area (Å²) in [5.74, 6) is -0.332. The molecular formula is C16H22F3NO2. The van der Waals surface area contributed by atoms with Crippen LogP contribution >= 0.6 is 0 Å². The van der Waals surface area contributed by atoms with Gasteiger partial charge in [-0.15, -0.1) is 0 Å². The fraction of sp³-hybridized carbons (Fsp3) is 0.562. The molecule has 0 saturated carbocycles. The Labute approximate surface area is 128 Å². The van der Waals surface area contributed by atoms with Crippen LogP contribution in [-0.4, -0.2) is 23.7 Å². The highest BCUT2D eigenvalue weighted by Gasteiger charge is 2.30. The first kappa shape index (κ1) is 18.5. The van der Waals surface area contributed by atoms with Crippen molar-refractivity contribution in [1.82, 2.24) is 5.32 Å². The molecule has 2 N–H and O–H groups in total. The lowest BCUT2D eigenvalue weighted by molar-refractivity contribution is -0.137. The van der Waals surface area contributed by atoms with E-state index in [4.69, 9.17) is 5.11 Å². The number of aliphatic hydroxyl groups excluding tert-OH is 1. The molecule has 0 saturated heterocycles. The molecule has 0 aliphatic heterocycles. The molecule has 0 bridgehead atoms. The minimum atomic E-state index is -4.35. The highest BCUT2D eigenvalue weighted by molar-refractivity contribution is 5.77. The molecule has 1 amide bonds. The molecule has 0 radical (unpaired) electrons. The van der Waals surface area contributed by atoms with Crippen molar-refractivity contribution in [3.63, 3.8) is 0 Å². The van der Waals surface area contributed by atoms with Crippen LogP contribution in [0.4, 0.5) is 13.2 Å². The molecule has 0 heterocycles. The second-order valence-electron chi connectivity index (χ2n) is 5.41. The number of rotatable bonds is 7. The maximum Gasteiger partial charge on any atom is 0.416 e. The summed E-state index contributed by atoms with van der Waals surface area (Å²) < 4.78 is 37.5. The topological polar surface area (TPSA) is 49.3 Å². The summed E-state index contributed by atoms with van der Waals surface area (Å²) in [6.45, 7) is 3.72. The lowest BCUT2D eigenvalue weighted by Gasteiger charge is -2.18. The molecule has 2 unspecified atom stereocenters. The third-order valence-electron chi connectivity index (χ3n) is 3.63. The number of carbonyl (C=O) groups excluding carboxylic acids is 1. The molecule has 22 heavy (non-hydrogen) atoms. The Morgan fingerprint density at radius 3 is 2.32 bits per heavy atom. The largest absolute Gasteiger partial charge is 0.416 e. The molecule has 1 aromatic rings. The lowest BCUT2D eigenvalue weighted by Crippen LogP contribution is -2.35. The minimum absolute atomic E-state index is 0.00719. The first-order valence-corrected chi connectivity index (χ1v) is 7.35. The Bertz CT molecular complexity index is 471. The van der Waals surface area contributed by atoms with Gasteiger partial charge in [0.15, 0.2) is 0 Å². The number of benzene rings is 1. The predicted molar refractivity (Wildman–Crippen MR) is 78.4 cm³/mol. The van der Waals surface area contributed by atoms with E-state index < -0.39 is 11.7 Å². The summed E-state index contributed by atoms with van der Waals surface area (Å²) in [7, 11) is 0. The Morgan fingerprint density at radius 2 is 1.86 bits per heavy atom. The highest BCUT2D eigenvalue weighted by Crippen LogP contribution is 2.30. The van der Waals surface area contributed by atoms with Gasteiger partial charge in [-0.2, -0.15) is 13.2 Å². The van der Waals surface area contributed by atoms with E-state index in [-0.39, 0.29) is 30.9 Å². The fourth-order valence-corrected chi connectivity index (χ4v) is 2.22. The average molecular weight is 317 g/mol. The number of carbonyl (C=O) groups is 1. The standard InChI is InChI=1S/C16H22F3NO2/c1-3-14(8-9-21)20-15(22)10-11(2)12-4-6-13(7-5-12)16(17,18)19/h4-7,11,14,21H,3,8-10H2,1-2H3,(H,20,22). The second kappa shape index (κ2) is 8.17. The third kappa shape index (κ3) is 5.67. The number of halogens is 3. The number of hydrogen-bond acceptors (Lipinski definition) is 2. The van der Waals surface area contributed by atoms with Gasteiger partial charge >= 0.3 is 6.18 Å². The van der Waals surface area contributed by atoms with Crippen LogP contribution in [0.2, 0.25) is 0 Å². The number of nitrogens with one attached hydrogen (secondary N) is 1. The number of hydrogen-bond donors (Lipinski definition) is 2. The fourth-order valence-electron chi connectivity index (χ4n) is 2.22. The molecule has 6 heteroatoms. The van der Waals surface area contributed by atoms with Crippen LogP contribution in [0, 0.1) is 0 Å². The van der Waals surface area contributed by atoms with Crippen molar-refractivity contribution < 1.29 is 23.1 Å². The monoisotopic (exact) mass is 317 g/mol. The van der Waals surface area contributed by atoms with Gasteiger partial charge in [0.2, 0.25) is 5.91 Å². The quantitative estimate of drug-likeness (QED) is 0.809. The molecule has 2 atom stereocenters. The van der Waals surface area contributed by atoms with E-state index in [1.54, 1.807) is 6.92 Å². The van der Waals surface area contributed by atoms with Crippen molar-refractivity contribution in [3.05, 3.63) is 35.4 Å². The molecule has 3 nitrogen and oxygen atoms in total. The molecule has 0 aliphatic rings. The molecule has 0 aliphatic carbocycles. The molecule has 124 valence electrons. The van der Waals surface area contributed by atoms with Crippen molar-refractivity contribution in [2.24, 2.45) is 0 Å². The molecular weight excluding hydrogens is 295 g/mol. The zero-order chi connectivity index (χ0) is 16.8. The van der Waals surface area contributed by atoms with Gasteiger partial charge in [0.05, 0.1) is 5.56 Å². The predicted octanol–water partition coefficient (Wildman–Crippen LogP) is 3.48. The van der Waals surface area contributed by atoms with Crippen molar-refractivity contribution >= 4 is 5.91 Å². The summed E-state index contributed by atoms with van der Waals surface area (Å²) in [5, 5.41) is 11.7. The normalized spacial score (nSPS) is 14.5. The molecule has 0 spiro atoms. The van der Waals surface area contributed by atoms with Gasteiger partial charge in [-0.3, -0.25) is 4.79 Å². The van der Waals surface area contributed by atoms with Gasteiger partial charge in [0, 0.05) is 19.1 Å². The van der Waals surface area contributed by atoms with Crippen LogP contribution < -0.4 is 5.32 Å². The number of aliphatic hydroxyl groups is 1. The van der Waals surface area contributed by atoms with Crippen molar-refractivity contribution in [3.8, 4) is 0 Å². The van der Waals surface area contributed by atoms with Crippen molar-refractivity contribution in [2.45, 2.75) is 51.2 Å². The summed E-state index contributed by atoms with van der Waals surface area (Å²) in [6.07, 6.45) is -2.93. The first-order valence-electron chi connectivity index (χ1n) is 7.35. The van der Waals surface area contributed by atoms with E-state index in [0.29, 0.717) is 12.0 Å². The highest BCUT2D eigenvalue weighted by atomic mass is 19.4. The van der Waals surface area contributed by atoms with Crippen LogP contribution in [0.25, 0.3) is 0 Å². The Kier molecular flexibility index (Phi) is 6.87. The zero-order valence-electron chi connectivity index (χ0n) is 12.8. The lowest BCUT2D eigenvalue weighted by atomic mass is 9.96. The van der Waals surface area contributed by atoms with Gasteiger partial charge in [0.1, 0.15) is 0 Å². The number of amides is 1. The van der Waals surface area contributed by atoms with E-state index in [9.17, 15) is 18.0 Å². The Morgan fingerprint density at radius 1 is 1.27 bits per heavy atom. The van der Waals surface area contributed by atoms with E-state index in [1.807, 2.05) is 6.92 Å². The molecule has 0 fully saturated rings. The van der Waals surface area contributed by atoms with Crippen LogP contribution in [0.15, 0.2) is 24.3 Å². The maximum absolute atomic E-state index is 12.5. The van der Waals surface area contributed by atoms with E-state index >= 15 is 0 Å². The van der Waals surface area contributed by atoms with Crippen molar-refractivity contribution in [2.75, 3.05) is 6.61 Å². The van der Waals surface area contributed by atoms with Gasteiger partial charge in [0.25, 0.3) is 0 Å². The van der Waals surface area contributed by atoms with E-state index in [2.05, 4.69) is 5.32 Å². The average Bonchev–Trinajstić information content (AvgIpc) is 2.45. The maximum atomic E-state index is 12.5. The number of alkyl halides is 3. The molecule has 1 rings (SSSR count). The van der Waals surface area contributed by atoms with Gasteiger partial charge in [-0.05, 0) is 36.5 Å². The first-order chi connectivity index (χ1) is 10.3. The van der Waals surface area contributed by atoms with Crippen LogP contribution in [0.1, 0.15) is 50.2 Å². The Balaban J connectivity index is 2.61. The van der Waals surface area contributed by atoms with Gasteiger partial charge in [-0.25, -0.2) is 0 Å². The van der Waals surface area contributed by atoms with E-state index in [1.165, 1.54) is 12.1 Å². The van der Waals surface area contributed by atoms with Gasteiger partial charge in [-0.1, -0.05) is 26.0 Å². The summed E-state index contributed by atoms with van der Waals surface area (Å²) >= 11 is 0. The Hall–Kier alpha value is -1.56. The van der Waals surface area contributed by atoms with Crippen LogP contribution in [-0.2, 0) is 11.0 Å². The molecule has 0 aromatic heterocycles. The SMILES string of the molecule is CCC(CCO)NC(=O)CC(C)c1ccc(C(F)(F)F)cc1. The second-order valence-corrected chi connectivity index (χ2v) is 5.41. The van der Waals surface area contributed by atoms with E-state index in [0.717, 1.165) is 18.6 Å². The van der Waals surface area contributed by atoms with Crippen LogP contribution in [0.5, 0.6) is 0 Å². The zero-order valence-corrected chi connectivity index (χ0v) is 12.8. The minimum Gasteiger partial charge on any atom is -0.396 e. The molecule has 1 aromatic carbocycles. The summed E-state index contributed by atoms with van der Waals surface area (Å²) in [6, 6.07) is 4.81. The summed E-state index contributed by atoms with van der Waals surface area (Å²) in [5.41, 5.74) is 0.000232. The van der Waals surface area contributed by atoms with Crippen molar-refractivity contribution in [1.29, 1.82) is 0 Å². The smallest absolute Gasteiger partial charge is 0.396 e.